The molecule has 4 heteroatoms. The average Bonchev–Trinajstić information content (AvgIpc) is 2.51. The third-order valence-electron chi connectivity index (χ3n) is 4.99. The van der Waals surface area contributed by atoms with Crippen molar-refractivity contribution >= 4 is 11.8 Å². The van der Waals surface area contributed by atoms with Gasteiger partial charge in [-0.3, -0.25) is 4.79 Å². The van der Waals surface area contributed by atoms with Crippen molar-refractivity contribution in [3.63, 3.8) is 0 Å². The van der Waals surface area contributed by atoms with E-state index in [2.05, 4.69) is 19.2 Å². The number of carbonyl (C=O) groups excluding carboxylic acids is 2. The summed E-state index contributed by atoms with van der Waals surface area (Å²) in [5.74, 6) is -0.650. The van der Waals surface area contributed by atoms with Gasteiger partial charge >= 0.3 is 5.97 Å². The van der Waals surface area contributed by atoms with Gasteiger partial charge in [-0.25, -0.2) is 4.79 Å². The molecule has 0 radical (unpaired) electrons. The molecule has 27 heavy (non-hydrogen) atoms. The van der Waals surface area contributed by atoms with E-state index in [1.54, 1.807) is 0 Å². The molecule has 1 N–H and O–H groups in total. The summed E-state index contributed by atoms with van der Waals surface area (Å²) in [5, 5.41) is 3.36. The maximum absolute atomic E-state index is 13.1. The highest BCUT2D eigenvalue weighted by Crippen LogP contribution is 2.46. The summed E-state index contributed by atoms with van der Waals surface area (Å²) in [5.41, 5.74) is 3.21. The van der Waals surface area contributed by atoms with Crippen molar-refractivity contribution in [2.45, 2.75) is 65.9 Å². The van der Waals surface area contributed by atoms with Crippen molar-refractivity contribution in [3.05, 3.63) is 58.4 Å². The first-order valence-corrected chi connectivity index (χ1v) is 9.51. The Morgan fingerprint density at radius 1 is 1.15 bits per heavy atom. The Hall–Kier alpha value is -2.36. The lowest BCUT2D eigenvalue weighted by molar-refractivity contribution is -0.150. The number of Topliss-reactive ketones (excluding diaryl/α,β-unsaturated/α-hetero) is 1. The van der Waals surface area contributed by atoms with E-state index in [1.165, 1.54) is 0 Å². The van der Waals surface area contributed by atoms with Crippen LogP contribution in [-0.2, 0) is 14.3 Å². The highest BCUT2D eigenvalue weighted by Gasteiger charge is 2.43. The van der Waals surface area contributed by atoms with Crippen LogP contribution in [0.1, 0.15) is 65.9 Å². The molecule has 0 fully saturated rings. The van der Waals surface area contributed by atoms with Crippen LogP contribution in [0.2, 0.25) is 0 Å². The van der Waals surface area contributed by atoms with Gasteiger partial charge in [0, 0.05) is 29.3 Å². The summed E-state index contributed by atoms with van der Waals surface area (Å²) in [6.45, 7) is 11.7. The van der Waals surface area contributed by atoms with Gasteiger partial charge in [-0.1, -0.05) is 44.2 Å². The zero-order valence-electron chi connectivity index (χ0n) is 17.1. The van der Waals surface area contributed by atoms with Crippen molar-refractivity contribution in [1.82, 2.24) is 5.32 Å². The third-order valence-corrected chi connectivity index (χ3v) is 4.99. The number of nitrogens with one attached hydrogen (secondary N) is 1. The van der Waals surface area contributed by atoms with Crippen LogP contribution in [0.3, 0.4) is 0 Å². The Morgan fingerprint density at radius 2 is 1.78 bits per heavy atom. The quantitative estimate of drug-likeness (QED) is 0.774. The van der Waals surface area contributed by atoms with Crippen LogP contribution in [0.4, 0.5) is 0 Å². The molecule has 1 aliphatic heterocycles. The number of dihydropyridines is 1. The van der Waals surface area contributed by atoms with Crippen LogP contribution in [0.25, 0.3) is 0 Å². The van der Waals surface area contributed by atoms with Gasteiger partial charge in [0.2, 0.25) is 0 Å². The molecule has 0 amide bonds. The molecule has 2 aliphatic rings. The second kappa shape index (κ2) is 6.66. The molecule has 1 unspecified atom stereocenters. The number of esters is 1. The number of rotatable bonds is 2. The molecule has 1 heterocycles. The third kappa shape index (κ3) is 4.00. The van der Waals surface area contributed by atoms with Gasteiger partial charge in [-0.2, -0.15) is 0 Å². The fourth-order valence-corrected chi connectivity index (χ4v) is 4.02. The maximum atomic E-state index is 13.1. The van der Waals surface area contributed by atoms with Crippen molar-refractivity contribution in [1.29, 1.82) is 0 Å². The number of hydrogen-bond acceptors (Lipinski definition) is 4. The number of carbonyl (C=O) groups is 2. The van der Waals surface area contributed by atoms with Crippen LogP contribution >= 0.6 is 0 Å². The van der Waals surface area contributed by atoms with E-state index in [0.717, 1.165) is 23.4 Å². The van der Waals surface area contributed by atoms with Crippen LogP contribution < -0.4 is 5.32 Å². The van der Waals surface area contributed by atoms with Gasteiger partial charge in [0.25, 0.3) is 0 Å². The number of allylic oxidation sites excluding steroid dienone is 3. The molecule has 0 spiro atoms. The van der Waals surface area contributed by atoms with E-state index in [9.17, 15) is 9.59 Å². The van der Waals surface area contributed by atoms with Crippen LogP contribution in [0, 0.1) is 5.41 Å². The molecule has 1 atom stereocenters. The summed E-state index contributed by atoms with van der Waals surface area (Å²) >= 11 is 0. The second-order valence-electron chi connectivity index (χ2n) is 9.34. The Balaban J connectivity index is 2.14. The van der Waals surface area contributed by atoms with Crippen molar-refractivity contribution in [3.8, 4) is 0 Å². The summed E-state index contributed by atoms with van der Waals surface area (Å²) < 4.78 is 5.68. The fraction of sp³-hybridized carbons (Fsp3) is 0.478. The van der Waals surface area contributed by atoms with Gasteiger partial charge in [0.15, 0.2) is 5.78 Å². The lowest BCUT2D eigenvalue weighted by atomic mass is 9.68. The lowest BCUT2D eigenvalue weighted by Crippen LogP contribution is -2.39. The predicted octanol–water partition coefficient (Wildman–Crippen LogP) is 4.63. The molecule has 1 aromatic carbocycles. The van der Waals surface area contributed by atoms with E-state index in [-0.39, 0.29) is 23.1 Å². The van der Waals surface area contributed by atoms with Gasteiger partial charge in [-0.15, -0.1) is 0 Å². The highest BCUT2D eigenvalue weighted by molar-refractivity contribution is 6.04. The molecule has 1 aromatic rings. The number of ketones is 1. The minimum absolute atomic E-state index is 0.0894. The lowest BCUT2D eigenvalue weighted by Gasteiger charge is -2.39. The van der Waals surface area contributed by atoms with Crippen molar-refractivity contribution in [2.24, 2.45) is 5.41 Å². The molecule has 0 bridgehead atoms. The number of ether oxygens (including phenoxy) is 1. The van der Waals surface area contributed by atoms with E-state index < -0.39 is 5.60 Å². The highest BCUT2D eigenvalue weighted by atomic mass is 16.6. The smallest absolute Gasteiger partial charge is 0.337 e. The summed E-state index contributed by atoms with van der Waals surface area (Å²) in [6.07, 6.45) is 1.27. The second-order valence-corrected chi connectivity index (χ2v) is 9.34. The molecular weight excluding hydrogens is 338 g/mol. The van der Waals surface area contributed by atoms with Crippen molar-refractivity contribution < 1.29 is 14.3 Å². The van der Waals surface area contributed by atoms with E-state index >= 15 is 0 Å². The Morgan fingerprint density at radius 3 is 2.37 bits per heavy atom. The minimum atomic E-state index is -0.598. The molecule has 0 saturated carbocycles. The fourth-order valence-electron chi connectivity index (χ4n) is 4.02. The maximum Gasteiger partial charge on any atom is 0.337 e. The number of hydrogen-bond donors (Lipinski definition) is 1. The molecule has 4 nitrogen and oxygen atoms in total. The minimum Gasteiger partial charge on any atom is -0.457 e. The monoisotopic (exact) mass is 367 g/mol. The molecule has 3 rings (SSSR count). The molecule has 144 valence electrons. The molecular formula is C23H29NO3. The first-order valence-electron chi connectivity index (χ1n) is 9.51. The summed E-state index contributed by atoms with van der Waals surface area (Å²) in [4.78, 5) is 26.2. The topological polar surface area (TPSA) is 55.4 Å². The van der Waals surface area contributed by atoms with E-state index in [1.807, 2.05) is 58.0 Å². The standard InChI is InChI=1S/C23H29NO3/c1-14-18(21(26)27-22(2,3)4)19(15-10-8-7-9-11-15)20-16(24-14)12-23(5,6)13-17(20)25/h7-11,19,24H,12-13H2,1-6H3. The van der Waals surface area contributed by atoms with Gasteiger partial charge in [0.05, 0.1) is 5.57 Å². The van der Waals surface area contributed by atoms with E-state index in [4.69, 9.17) is 4.74 Å². The van der Waals surface area contributed by atoms with Gasteiger partial charge < -0.3 is 10.1 Å². The normalized spacial score (nSPS) is 22.3. The van der Waals surface area contributed by atoms with Crippen LogP contribution in [0.15, 0.2) is 52.9 Å². The first kappa shape index (κ1) is 19.4. The summed E-state index contributed by atoms with van der Waals surface area (Å²) in [6, 6.07) is 9.78. The summed E-state index contributed by atoms with van der Waals surface area (Å²) in [7, 11) is 0. The zero-order valence-corrected chi connectivity index (χ0v) is 17.1. The van der Waals surface area contributed by atoms with Crippen LogP contribution in [-0.4, -0.2) is 17.4 Å². The number of benzene rings is 1. The van der Waals surface area contributed by atoms with Gasteiger partial charge in [-0.05, 0) is 45.1 Å². The molecule has 0 aromatic heterocycles. The van der Waals surface area contributed by atoms with Crippen molar-refractivity contribution in [2.75, 3.05) is 0 Å². The molecule has 1 aliphatic carbocycles. The van der Waals surface area contributed by atoms with Crippen LogP contribution in [0.5, 0.6) is 0 Å². The SMILES string of the molecule is CC1=C(C(=O)OC(C)(C)C)C(c2ccccc2)C2=C(CC(C)(C)CC2=O)N1. The van der Waals surface area contributed by atoms with E-state index in [0.29, 0.717) is 17.6 Å². The van der Waals surface area contributed by atoms with Gasteiger partial charge in [0.1, 0.15) is 5.60 Å². The Kier molecular flexibility index (Phi) is 4.79. The Labute approximate surface area is 161 Å². The largest absolute Gasteiger partial charge is 0.457 e. The zero-order chi connectivity index (χ0) is 20.0. The average molecular weight is 367 g/mol. The Bertz CT molecular complexity index is 838. The predicted molar refractivity (Wildman–Crippen MR) is 106 cm³/mol. The first-order chi connectivity index (χ1) is 12.5. The molecule has 0 saturated heterocycles.